The summed E-state index contributed by atoms with van der Waals surface area (Å²) in [6.45, 7) is 0. The molecule has 0 aliphatic rings. The number of halogens is 1. The average molecular weight is 354 g/mol. The first-order valence-electron chi connectivity index (χ1n) is 7.67. The number of benzene rings is 2. The maximum Gasteiger partial charge on any atom is 0.357 e. The summed E-state index contributed by atoms with van der Waals surface area (Å²) < 4.78 is 24.3. The standard InChI is InChI=1S/C19H15FN2O4/c1-25-18(23)15-16(12-8-10-13(20)11-9-12)21-22(17(15)19(24)26-2)14-6-4-3-5-7-14/h3-11H,1-2H3. The third-order valence-corrected chi connectivity index (χ3v) is 3.77. The maximum atomic E-state index is 13.3. The first-order chi connectivity index (χ1) is 12.6. The highest BCUT2D eigenvalue weighted by Crippen LogP contribution is 2.29. The SMILES string of the molecule is COC(=O)c1c(-c2ccc(F)cc2)nn(-c2ccccc2)c1C(=O)OC. The van der Waals surface area contributed by atoms with E-state index in [0.29, 0.717) is 11.3 Å². The molecule has 1 heterocycles. The highest BCUT2D eigenvalue weighted by atomic mass is 19.1. The number of para-hydroxylation sites is 1. The van der Waals surface area contributed by atoms with Gasteiger partial charge in [0.2, 0.25) is 0 Å². The van der Waals surface area contributed by atoms with Gasteiger partial charge in [0, 0.05) is 5.56 Å². The molecule has 26 heavy (non-hydrogen) atoms. The van der Waals surface area contributed by atoms with Gasteiger partial charge in [0.1, 0.15) is 17.1 Å². The molecule has 7 heteroatoms. The molecular formula is C19H15FN2O4. The van der Waals surface area contributed by atoms with Crippen LogP contribution >= 0.6 is 0 Å². The smallest absolute Gasteiger partial charge is 0.357 e. The van der Waals surface area contributed by atoms with Gasteiger partial charge in [-0.25, -0.2) is 18.7 Å². The summed E-state index contributed by atoms with van der Waals surface area (Å²) in [6, 6.07) is 14.3. The molecule has 132 valence electrons. The summed E-state index contributed by atoms with van der Waals surface area (Å²) >= 11 is 0. The second-order valence-corrected chi connectivity index (χ2v) is 5.31. The van der Waals surface area contributed by atoms with Gasteiger partial charge >= 0.3 is 11.9 Å². The third kappa shape index (κ3) is 3.06. The second kappa shape index (κ2) is 7.18. The zero-order valence-corrected chi connectivity index (χ0v) is 14.1. The van der Waals surface area contributed by atoms with Crippen molar-refractivity contribution in [1.29, 1.82) is 0 Å². The number of ether oxygens (including phenoxy) is 2. The van der Waals surface area contributed by atoms with E-state index in [0.717, 1.165) is 0 Å². The number of hydrogen-bond donors (Lipinski definition) is 0. The number of carbonyl (C=O) groups excluding carboxylic acids is 2. The number of esters is 2. The summed E-state index contributed by atoms with van der Waals surface area (Å²) in [5.41, 5.74) is 1.11. The number of nitrogens with zero attached hydrogens (tertiary/aromatic N) is 2. The van der Waals surface area contributed by atoms with Crippen molar-refractivity contribution in [3.05, 3.63) is 71.7 Å². The van der Waals surface area contributed by atoms with Crippen LogP contribution in [0.4, 0.5) is 4.39 Å². The molecule has 0 spiro atoms. The molecule has 0 N–H and O–H groups in total. The molecule has 3 aromatic rings. The van der Waals surface area contributed by atoms with Crippen LogP contribution in [0.5, 0.6) is 0 Å². The van der Waals surface area contributed by atoms with Crippen molar-refractivity contribution in [2.75, 3.05) is 14.2 Å². The van der Waals surface area contributed by atoms with Crippen molar-refractivity contribution in [2.45, 2.75) is 0 Å². The van der Waals surface area contributed by atoms with Gasteiger partial charge in [0.05, 0.1) is 19.9 Å². The molecule has 0 aliphatic heterocycles. The van der Waals surface area contributed by atoms with Gasteiger partial charge in [-0.2, -0.15) is 5.10 Å². The summed E-state index contributed by atoms with van der Waals surface area (Å²) in [4.78, 5) is 24.8. The minimum Gasteiger partial charge on any atom is -0.465 e. The summed E-state index contributed by atoms with van der Waals surface area (Å²) in [5.74, 6) is -1.91. The second-order valence-electron chi connectivity index (χ2n) is 5.31. The first-order valence-corrected chi connectivity index (χ1v) is 7.67. The van der Waals surface area contributed by atoms with E-state index >= 15 is 0 Å². The van der Waals surface area contributed by atoms with Crippen molar-refractivity contribution >= 4 is 11.9 Å². The van der Waals surface area contributed by atoms with E-state index in [-0.39, 0.29) is 17.0 Å². The van der Waals surface area contributed by atoms with Crippen LogP contribution in [0.25, 0.3) is 16.9 Å². The molecule has 0 radical (unpaired) electrons. The van der Waals surface area contributed by atoms with E-state index in [1.54, 1.807) is 24.3 Å². The highest BCUT2D eigenvalue weighted by molar-refractivity contribution is 6.06. The van der Waals surface area contributed by atoms with Gasteiger partial charge in [0.25, 0.3) is 0 Å². The molecule has 0 atom stereocenters. The lowest BCUT2D eigenvalue weighted by Gasteiger charge is -2.07. The number of hydrogen-bond acceptors (Lipinski definition) is 5. The highest BCUT2D eigenvalue weighted by Gasteiger charge is 2.31. The van der Waals surface area contributed by atoms with Crippen LogP contribution in [0, 0.1) is 5.82 Å². The molecule has 0 saturated carbocycles. The topological polar surface area (TPSA) is 70.4 Å². The van der Waals surface area contributed by atoms with Crippen LogP contribution in [0.3, 0.4) is 0 Å². The molecule has 0 fully saturated rings. The molecule has 0 aliphatic carbocycles. The lowest BCUT2D eigenvalue weighted by atomic mass is 10.1. The van der Waals surface area contributed by atoms with Crippen LogP contribution in [0.15, 0.2) is 54.6 Å². The van der Waals surface area contributed by atoms with Gasteiger partial charge in [-0.3, -0.25) is 0 Å². The lowest BCUT2D eigenvalue weighted by Crippen LogP contribution is -2.15. The van der Waals surface area contributed by atoms with Crippen LogP contribution in [-0.4, -0.2) is 35.9 Å². The average Bonchev–Trinajstić information content (AvgIpc) is 3.08. The Morgan fingerprint density at radius 3 is 2.12 bits per heavy atom. The zero-order chi connectivity index (χ0) is 18.7. The van der Waals surface area contributed by atoms with E-state index < -0.39 is 17.8 Å². The molecule has 0 saturated heterocycles. The van der Waals surface area contributed by atoms with E-state index in [1.807, 2.05) is 6.07 Å². The largest absolute Gasteiger partial charge is 0.465 e. The fraction of sp³-hybridized carbons (Fsp3) is 0.105. The summed E-state index contributed by atoms with van der Waals surface area (Å²) in [5, 5.41) is 4.41. The fourth-order valence-electron chi connectivity index (χ4n) is 2.56. The monoisotopic (exact) mass is 354 g/mol. The summed E-state index contributed by atoms with van der Waals surface area (Å²) in [7, 11) is 2.42. The molecular weight excluding hydrogens is 339 g/mol. The molecule has 3 rings (SSSR count). The molecule has 2 aromatic carbocycles. The molecule has 0 bridgehead atoms. The van der Waals surface area contributed by atoms with E-state index in [2.05, 4.69) is 5.10 Å². The normalized spacial score (nSPS) is 10.4. The van der Waals surface area contributed by atoms with Crippen LogP contribution in [-0.2, 0) is 9.47 Å². The fourth-order valence-corrected chi connectivity index (χ4v) is 2.56. The molecule has 0 unspecified atom stereocenters. The number of methoxy groups -OCH3 is 2. The van der Waals surface area contributed by atoms with Crippen LogP contribution < -0.4 is 0 Å². The van der Waals surface area contributed by atoms with Gasteiger partial charge in [-0.05, 0) is 36.4 Å². The maximum absolute atomic E-state index is 13.3. The number of rotatable bonds is 4. The Kier molecular flexibility index (Phi) is 4.79. The Hall–Kier alpha value is -3.48. The van der Waals surface area contributed by atoms with Gasteiger partial charge in [0.15, 0.2) is 5.69 Å². The van der Waals surface area contributed by atoms with E-state index in [9.17, 15) is 14.0 Å². The van der Waals surface area contributed by atoms with Crippen LogP contribution in [0.1, 0.15) is 20.8 Å². The Balaban J connectivity index is 2.33. The predicted molar refractivity (Wildman–Crippen MR) is 91.6 cm³/mol. The predicted octanol–water partition coefficient (Wildman–Crippen LogP) is 3.25. The number of aromatic nitrogens is 2. The Morgan fingerprint density at radius 2 is 1.54 bits per heavy atom. The van der Waals surface area contributed by atoms with Gasteiger partial charge < -0.3 is 9.47 Å². The van der Waals surface area contributed by atoms with E-state index in [1.165, 1.54) is 43.2 Å². The Morgan fingerprint density at radius 1 is 0.923 bits per heavy atom. The van der Waals surface area contributed by atoms with Crippen molar-refractivity contribution in [1.82, 2.24) is 9.78 Å². The van der Waals surface area contributed by atoms with Crippen molar-refractivity contribution in [2.24, 2.45) is 0 Å². The van der Waals surface area contributed by atoms with Gasteiger partial charge in [-0.1, -0.05) is 18.2 Å². The van der Waals surface area contributed by atoms with Crippen LogP contribution in [0.2, 0.25) is 0 Å². The van der Waals surface area contributed by atoms with Gasteiger partial charge in [-0.15, -0.1) is 0 Å². The molecule has 1 aromatic heterocycles. The third-order valence-electron chi connectivity index (χ3n) is 3.77. The molecule has 6 nitrogen and oxygen atoms in total. The minimum atomic E-state index is -0.744. The Labute approximate surface area is 148 Å². The Bertz CT molecular complexity index is 950. The molecule has 0 amide bonds. The van der Waals surface area contributed by atoms with E-state index in [4.69, 9.17) is 9.47 Å². The van der Waals surface area contributed by atoms with Crippen molar-refractivity contribution < 1.29 is 23.5 Å². The zero-order valence-electron chi connectivity index (χ0n) is 14.1. The minimum absolute atomic E-state index is 0.0465. The van der Waals surface area contributed by atoms with Crippen molar-refractivity contribution in [3.8, 4) is 16.9 Å². The first kappa shape index (κ1) is 17.3. The summed E-state index contributed by atoms with van der Waals surface area (Å²) in [6.07, 6.45) is 0. The number of carbonyl (C=O) groups is 2. The quantitative estimate of drug-likeness (QED) is 0.673. The lowest BCUT2D eigenvalue weighted by molar-refractivity contribution is 0.0549. The van der Waals surface area contributed by atoms with Crippen molar-refractivity contribution in [3.63, 3.8) is 0 Å².